The van der Waals surface area contributed by atoms with Crippen LogP contribution in [-0.2, 0) is 13.0 Å². The third kappa shape index (κ3) is 3.58. The molecule has 3 heterocycles. The maximum atomic E-state index is 12.6. The van der Waals surface area contributed by atoms with Gasteiger partial charge in [-0.3, -0.25) is 15.2 Å². The highest BCUT2D eigenvalue weighted by atomic mass is 32.1. The van der Waals surface area contributed by atoms with Crippen molar-refractivity contribution in [3.8, 4) is 22.8 Å². The topological polar surface area (TPSA) is 92.4 Å². The van der Waals surface area contributed by atoms with E-state index >= 15 is 0 Å². The van der Waals surface area contributed by atoms with E-state index in [9.17, 15) is 4.79 Å². The summed E-state index contributed by atoms with van der Waals surface area (Å²) in [5.74, 6) is 1.03. The molecule has 0 atom stereocenters. The fourth-order valence-corrected chi connectivity index (χ4v) is 4.21. The smallest absolute Gasteiger partial charge is 0.275 e. The Labute approximate surface area is 166 Å². The van der Waals surface area contributed by atoms with Gasteiger partial charge in [-0.1, -0.05) is 0 Å². The zero-order valence-electron chi connectivity index (χ0n) is 15.9. The summed E-state index contributed by atoms with van der Waals surface area (Å²) in [6.45, 7) is 1.85. The maximum Gasteiger partial charge on any atom is 0.275 e. The number of methoxy groups -OCH3 is 2. The summed E-state index contributed by atoms with van der Waals surface area (Å²) in [6, 6.07) is 7.14. The van der Waals surface area contributed by atoms with E-state index in [1.54, 1.807) is 26.4 Å². The molecule has 0 fully saturated rings. The highest BCUT2D eigenvalue weighted by Gasteiger charge is 2.20. The van der Waals surface area contributed by atoms with E-state index in [-0.39, 0.29) is 5.91 Å². The van der Waals surface area contributed by atoms with Crippen molar-refractivity contribution in [1.29, 1.82) is 0 Å². The van der Waals surface area contributed by atoms with Crippen molar-refractivity contribution in [3.63, 3.8) is 0 Å². The van der Waals surface area contributed by atoms with Crippen LogP contribution in [0.2, 0.25) is 0 Å². The molecule has 1 aromatic carbocycles. The van der Waals surface area contributed by atoms with Gasteiger partial charge in [0.2, 0.25) is 0 Å². The van der Waals surface area contributed by atoms with Gasteiger partial charge in [0, 0.05) is 36.0 Å². The lowest BCUT2D eigenvalue weighted by Gasteiger charge is -2.20. The van der Waals surface area contributed by atoms with Crippen LogP contribution in [-0.4, -0.2) is 53.8 Å². The SMILES string of the molecule is COc1ccc(-c2cc(C(=O)Nc3nc4c(s3)CN(C)CC4)[nH]n2)c(OC)c1. The molecule has 1 aliphatic heterocycles. The molecule has 0 aliphatic carbocycles. The molecule has 0 radical (unpaired) electrons. The number of aromatic nitrogens is 3. The fourth-order valence-electron chi connectivity index (χ4n) is 3.13. The number of amides is 1. The lowest BCUT2D eigenvalue weighted by atomic mass is 10.1. The number of benzene rings is 1. The molecule has 9 heteroatoms. The van der Waals surface area contributed by atoms with Gasteiger partial charge in [0.15, 0.2) is 5.13 Å². The van der Waals surface area contributed by atoms with Crippen LogP contribution in [0.1, 0.15) is 21.1 Å². The number of H-pyrrole nitrogens is 1. The van der Waals surface area contributed by atoms with Crippen LogP contribution < -0.4 is 14.8 Å². The van der Waals surface area contributed by atoms with Crippen LogP contribution in [0.3, 0.4) is 0 Å². The molecule has 0 saturated heterocycles. The summed E-state index contributed by atoms with van der Waals surface area (Å²) < 4.78 is 10.6. The van der Waals surface area contributed by atoms with Gasteiger partial charge in [-0.15, -0.1) is 11.3 Å². The minimum atomic E-state index is -0.273. The second-order valence-electron chi connectivity index (χ2n) is 6.56. The summed E-state index contributed by atoms with van der Waals surface area (Å²) in [5, 5.41) is 10.5. The van der Waals surface area contributed by atoms with Crippen molar-refractivity contribution >= 4 is 22.4 Å². The zero-order valence-corrected chi connectivity index (χ0v) is 16.7. The first kappa shape index (κ1) is 18.5. The normalized spacial score (nSPS) is 13.8. The Kier molecular flexibility index (Phi) is 5.01. The number of nitrogens with zero attached hydrogens (tertiary/aromatic N) is 3. The van der Waals surface area contributed by atoms with E-state index in [0.717, 1.165) is 30.8 Å². The Morgan fingerprint density at radius 1 is 1.29 bits per heavy atom. The Morgan fingerprint density at radius 2 is 2.14 bits per heavy atom. The number of anilines is 1. The molecule has 146 valence electrons. The molecule has 0 spiro atoms. The van der Waals surface area contributed by atoms with Gasteiger partial charge in [0.05, 0.1) is 25.6 Å². The Balaban J connectivity index is 1.52. The molecule has 0 unspecified atom stereocenters. The second-order valence-corrected chi connectivity index (χ2v) is 7.65. The largest absolute Gasteiger partial charge is 0.497 e. The number of thiazole rings is 1. The molecule has 2 N–H and O–H groups in total. The molecule has 4 rings (SSSR count). The summed E-state index contributed by atoms with van der Waals surface area (Å²) >= 11 is 1.52. The number of ether oxygens (including phenoxy) is 2. The summed E-state index contributed by atoms with van der Waals surface area (Å²) in [4.78, 5) is 20.6. The predicted octanol–water partition coefficient (Wildman–Crippen LogP) is 2.79. The quantitative estimate of drug-likeness (QED) is 0.685. The Hall–Kier alpha value is -2.91. The molecule has 1 amide bonds. The van der Waals surface area contributed by atoms with Gasteiger partial charge in [-0.05, 0) is 25.2 Å². The van der Waals surface area contributed by atoms with E-state index in [1.165, 1.54) is 16.2 Å². The maximum absolute atomic E-state index is 12.6. The van der Waals surface area contributed by atoms with Crippen LogP contribution >= 0.6 is 11.3 Å². The third-order valence-corrected chi connectivity index (χ3v) is 5.65. The lowest BCUT2D eigenvalue weighted by Crippen LogP contribution is -2.25. The molecular weight excluding hydrogens is 378 g/mol. The monoisotopic (exact) mass is 399 g/mol. The molecule has 1 aliphatic rings. The number of carbonyl (C=O) groups excluding carboxylic acids is 1. The molecule has 0 bridgehead atoms. The van der Waals surface area contributed by atoms with Crippen molar-refractivity contribution in [2.45, 2.75) is 13.0 Å². The van der Waals surface area contributed by atoms with Crippen LogP contribution in [0.25, 0.3) is 11.3 Å². The highest BCUT2D eigenvalue weighted by molar-refractivity contribution is 7.15. The van der Waals surface area contributed by atoms with Gasteiger partial charge < -0.3 is 14.4 Å². The van der Waals surface area contributed by atoms with Crippen LogP contribution in [0.5, 0.6) is 11.5 Å². The number of fused-ring (bicyclic) bond motifs is 1. The average Bonchev–Trinajstić information content (AvgIpc) is 3.33. The molecule has 28 heavy (non-hydrogen) atoms. The van der Waals surface area contributed by atoms with Gasteiger partial charge in [0.1, 0.15) is 17.2 Å². The van der Waals surface area contributed by atoms with Crippen molar-refractivity contribution in [1.82, 2.24) is 20.1 Å². The Bertz CT molecular complexity index is 1010. The molecule has 3 aromatic rings. The number of likely N-dealkylation sites (N-methyl/N-ethyl adjacent to an activating group) is 1. The predicted molar refractivity (Wildman–Crippen MR) is 107 cm³/mol. The number of nitrogens with one attached hydrogen (secondary N) is 2. The van der Waals surface area contributed by atoms with Crippen LogP contribution in [0, 0.1) is 0 Å². The van der Waals surface area contributed by atoms with E-state index in [2.05, 4.69) is 32.4 Å². The number of hydrogen-bond donors (Lipinski definition) is 2. The lowest BCUT2D eigenvalue weighted by molar-refractivity contribution is 0.102. The fraction of sp³-hybridized carbons (Fsp3) is 0.316. The van der Waals surface area contributed by atoms with Gasteiger partial charge in [-0.2, -0.15) is 5.10 Å². The molecular formula is C19H21N5O3S. The number of carbonyl (C=O) groups is 1. The molecule has 0 saturated carbocycles. The van der Waals surface area contributed by atoms with Crippen LogP contribution in [0.15, 0.2) is 24.3 Å². The Morgan fingerprint density at radius 3 is 2.93 bits per heavy atom. The minimum absolute atomic E-state index is 0.273. The molecule has 2 aromatic heterocycles. The van der Waals surface area contributed by atoms with Crippen LogP contribution in [0.4, 0.5) is 5.13 Å². The van der Waals surface area contributed by atoms with Gasteiger partial charge in [-0.25, -0.2) is 4.98 Å². The van der Waals surface area contributed by atoms with Crippen molar-refractivity contribution in [2.75, 3.05) is 33.1 Å². The molecule has 8 nitrogen and oxygen atoms in total. The third-order valence-electron chi connectivity index (χ3n) is 4.65. The van der Waals surface area contributed by atoms with Crippen molar-refractivity contribution in [2.24, 2.45) is 0 Å². The number of rotatable bonds is 5. The second kappa shape index (κ2) is 7.61. The minimum Gasteiger partial charge on any atom is -0.497 e. The van der Waals surface area contributed by atoms with E-state index in [0.29, 0.717) is 28.0 Å². The van der Waals surface area contributed by atoms with Crippen molar-refractivity contribution < 1.29 is 14.3 Å². The van der Waals surface area contributed by atoms with Gasteiger partial charge >= 0.3 is 0 Å². The van der Waals surface area contributed by atoms with E-state index in [1.807, 2.05) is 12.1 Å². The first-order valence-corrected chi connectivity index (χ1v) is 9.65. The first-order valence-electron chi connectivity index (χ1n) is 8.83. The summed E-state index contributed by atoms with van der Waals surface area (Å²) in [6.07, 6.45) is 0.906. The average molecular weight is 399 g/mol. The van der Waals surface area contributed by atoms with Gasteiger partial charge in [0.25, 0.3) is 5.91 Å². The number of aromatic amines is 1. The first-order chi connectivity index (χ1) is 13.6. The summed E-state index contributed by atoms with van der Waals surface area (Å²) in [5.41, 5.74) is 2.82. The standard InChI is InChI=1S/C19H21N5O3S/c1-24-7-6-13-17(10-24)28-19(20-13)21-18(25)15-9-14(22-23-15)12-5-4-11(26-2)8-16(12)27-3/h4-5,8-9H,6-7,10H2,1-3H3,(H,22,23)(H,20,21,25). The van der Waals surface area contributed by atoms with E-state index < -0.39 is 0 Å². The highest BCUT2D eigenvalue weighted by Crippen LogP contribution is 2.33. The summed E-state index contributed by atoms with van der Waals surface area (Å²) in [7, 11) is 5.26. The van der Waals surface area contributed by atoms with Crippen molar-refractivity contribution in [3.05, 3.63) is 40.5 Å². The number of hydrogen-bond acceptors (Lipinski definition) is 7. The zero-order chi connectivity index (χ0) is 19.7. The van der Waals surface area contributed by atoms with E-state index in [4.69, 9.17) is 9.47 Å².